The van der Waals surface area contributed by atoms with Crippen molar-refractivity contribution in [2.24, 2.45) is 0 Å². The van der Waals surface area contributed by atoms with E-state index in [1.54, 1.807) is 18.3 Å². The summed E-state index contributed by atoms with van der Waals surface area (Å²) in [6.45, 7) is 1.58. The second-order valence-electron chi connectivity index (χ2n) is 5.85. The SMILES string of the molecule is O=C(NC[C@H]1OCCc2cn(Cc3ccccn3)nc21)c1ccco1. The standard InChI is InChI=1S/C18H18N4O3/c23-18(15-5-3-8-24-15)20-10-16-17-13(6-9-25-16)11-22(21-17)12-14-4-1-2-7-19-14/h1-5,7-8,11,16H,6,9-10,12H2,(H,20,23)/t16-/m1/s1. The molecule has 0 spiro atoms. The Kier molecular flexibility index (Phi) is 4.30. The zero-order valence-electron chi connectivity index (χ0n) is 13.6. The van der Waals surface area contributed by atoms with Gasteiger partial charge in [-0.1, -0.05) is 6.07 Å². The first-order chi connectivity index (χ1) is 12.3. The van der Waals surface area contributed by atoms with Crippen molar-refractivity contribution in [2.45, 2.75) is 19.1 Å². The molecule has 0 fully saturated rings. The maximum absolute atomic E-state index is 12.0. The summed E-state index contributed by atoms with van der Waals surface area (Å²) in [7, 11) is 0. The normalized spacial score (nSPS) is 16.4. The van der Waals surface area contributed by atoms with Crippen LogP contribution in [0.1, 0.15) is 33.6 Å². The highest BCUT2D eigenvalue weighted by Crippen LogP contribution is 2.25. The number of pyridine rings is 1. The van der Waals surface area contributed by atoms with Gasteiger partial charge in [0.25, 0.3) is 5.91 Å². The molecular weight excluding hydrogens is 320 g/mol. The fourth-order valence-electron chi connectivity index (χ4n) is 2.91. The fourth-order valence-corrected chi connectivity index (χ4v) is 2.91. The van der Waals surface area contributed by atoms with Crippen LogP contribution >= 0.6 is 0 Å². The summed E-state index contributed by atoms with van der Waals surface area (Å²) in [6, 6.07) is 9.14. The van der Waals surface area contributed by atoms with E-state index < -0.39 is 0 Å². The number of hydrogen-bond acceptors (Lipinski definition) is 5. The molecule has 7 heteroatoms. The zero-order valence-corrected chi connectivity index (χ0v) is 13.6. The summed E-state index contributed by atoms with van der Waals surface area (Å²) in [5, 5.41) is 7.48. The van der Waals surface area contributed by atoms with Crippen LogP contribution in [-0.4, -0.2) is 33.8 Å². The van der Waals surface area contributed by atoms with Crippen LogP contribution in [0.2, 0.25) is 0 Å². The third-order valence-electron chi connectivity index (χ3n) is 4.11. The van der Waals surface area contributed by atoms with Crippen LogP contribution in [-0.2, 0) is 17.7 Å². The van der Waals surface area contributed by atoms with E-state index in [0.29, 0.717) is 19.7 Å². The maximum Gasteiger partial charge on any atom is 0.287 e. The molecule has 1 N–H and O–H groups in total. The Morgan fingerprint density at radius 1 is 1.32 bits per heavy atom. The van der Waals surface area contributed by atoms with Crippen molar-refractivity contribution in [1.82, 2.24) is 20.1 Å². The second kappa shape index (κ2) is 6.90. The summed E-state index contributed by atoms with van der Waals surface area (Å²) in [4.78, 5) is 16.3. The first kappa shape index (κ1) is 15.6. The molecule has 1 aliphatic heterocycles. The smallest absolute Gasteiger partial charge is 0.287 e. The van der Waals surface area contributed by atoms with Gasteiger partial charge in [0.1, 0.15) is 6.10 Å². The second-order valence-corrected chi connectivity index (χ2v) is 5.85. The predicted octanol–water partition coefficient (Wildman–Crippen LogP) is 1.96. The van der Waals surface area contributed by atoms with E-state index in [4.69, 9.17) is 9.15 Å². The van der Waals surface area contributed by atoms with Gasteiger partial charge in [0.2, 0.25) is 0 Å². The predicted molar refractivity (Wildman–Crippen MR) is 89.0 cm³/mol. The number of aromatic nitrogens is 3. The molecule has 0 bridgehead atoms. The van der Waals surface area contributed by atoms with Crippen molar-refractivity contribution >= 4 is 5.91 Å². The van der Waals surface area contributed by atoms with Gasteiger partial charge in [-0.15, -0.1) is 0 Å². The lowest BCUT2D eigenvalue weighted by atomic mass is 10.1. The molecule has 0 aliphatic carbocycles. The number of nitrogens with one attached hydrogen (secondary N) is 1. The number of amides is 1. The van der Waals surface area contributed by atoms with Gasteiger partial charge in [0.15, 0.2) is 5.76 Å². The van der Waals surface area contributed by atoms with Crippen LogP contribution in [0.15, 0.2) is 53.4 Å². The first-order valence-corrected chi connectivity index (χ1v) is 8.19. The molecule has 0 saturated heterocycles. The van der Waals surface area contributed by atoms with Gasteiger partial charge in [0.05, 0.1) is 30.8 Å². The Labute approximate surface area is 144 Å². The highest BCUT2D eigenvalue weighted by Gasteiger charge is 2.25. The number of carbonyl (C=O) groups excluding carboxylic acids is 1. The molecule has 0 saturated carbocycles. The molecule has 1 aliphatic rings. The van der Waals surface area contributed by atoms with Crippen LogP contribution in [0.5, 0.6) is 0 Å². The lowest BCUT2D eigenvalue weighted by Gasteiger charge is -2.22. The van der Waals surface area contributed by atoms with E-state index in [1.165, 1.54) is 6.26 Å². The van der Waals surface area contributed by atoms with Crippen molar-refractivity contribution in [2.75, 3.05) is 13.2 Å². The van der Waals surface area contributed by atoms with Crippen LogP contribution in [0.25, 0.3) is 0 Å². The van der Waals surface area contributed by atoms with E-state index in [9.17, 15) is 4.79 Å². The Morgan fingerprint density at radius 3 is 3.08 bits per heavy atom. The fraction of sp³-hybridized carbons (Fsp3) is 0.278. The topological polar surface area (TPSA) is 82.2 Å². The van der Waals surface area contributed by atoms with Gasteiger partial charge in [-0.3, -0.25) is 14.5 Å². The Bertz CT molecular complexity index is 843. The molecule has 128 valence electrons. The molecule has 7 nitrogen and oxygen atoms in total. The Balaban J connectivity index is 1.45. The highest BCUT2D eigenvalue weighted by atomic mass is 16.5. The largest absolute Gasteiger partial charge is 0.459 e. The number of nitrogens with zero attached hydrogens (tertiary/aromatic N) is 3. The molecule has 1 amide bonds. The molecular formula is C18H18N4O3. The third-order valence-corrected chi connectivity index (χ3v) is 4.11. The van der Waals surface area contributed by atoms with Crippen LogP contribution < -0.4 is 5.32 Å². The van der Waals surface area contributed by atoms with Crippen molar-refractivity contribution < 1.29 is 13.9 Å². The average molecular weight is 338 g/mol. The molecule has 0 radical (unpaired) electrons. The number of fused-ring (bicyclic) bond motifs is 1. The molecule has 1 atom stereocenters. The van der Waals surface area contributed by atoms with Gasteiger partial charge < -0.3 is 14.5 Å². The summed E-state index contributed by atoms with van der Waals surface area (Å²) in [5.74, 6) is 0.0327. The van der Waals surface area contributed by atoms with E-state index >= 15 is 0 Å². The monoisotopic (exact) mass is 338 g/mol. The van der Waals surface area contributed by atoms with E-state index in [0.717, 1.165) is 23.4 Å². The lowest BCUT2D eigenvalue weighted by molar-refractivity contribution is 0.0380. The molecule has 0 unspecified atom stereocenters. The molecule has 3 aromatic heterocycles. The molecule has 3 aromatic rings. The van der Waals surface area contributed by atoms with E-state index in [-0.39, 0.29) is 17.8 Å². The minimum Gasteiger partial charge on any atom is -0.459 e. The van der Waals surface area contributed by atoms with Gasteiger partial charge in [0, 0.05) is 18.9 Å². The number of hydrogen-bond donors (Lipinski definition) is 1. The average Bonchev–Trinajstić information content (AvgIpc) is 3.30. The van der Waals surface area contributed by atoms with Crippen LogP contribution in [0.4, 0.5) is 0 Å². The van der Waals surface area contributed by atoms with Crippen molar-refractivity contribution in [3.63, 3.8) is 0 Å². The number of ether oxygens (including phenoxy) is 1. The van der Waals surface area contributed by atoms with Crippen molar-refractivity contribution in [3.05, 3.63) is 71.7 Å². The van der Waals surface area contributed by atoms with Gasteiger partial charge in [-0.25, -0.2) is 0 Å². The Morgan fingerprint density at radius 2 is 2.28 bits per heavy atom. The number of rotatable bonds is 5. The van der Waals surface area contributed by atoms with Gasteiger partial charge in [-0.2, -0.15) is 5.10 Å². The molecule has 0 aromatic carbocycles. The molecule has 25 heavy (non-hydrogen) atoms. The summed E-state index contributed by atoms with van der Waals surface area (Å²) in [5.41, 5.74) is 2.98. The summed E-state index contributed by atoms with van der Waals surface area (Å²) >= 11 is 0. The maximum atomic E-state index is 12.0. The minimum atomic E-state index is -0.257. The van der Waals surface area contributed by atoms with Gasteiger partial charge in [-0.05, 0) is 36.2 Å². The zero-order chi connectivity index (χ0) is 17.1. The Hall–Kier alpha value is -2.93. The summed E-state index contributed by atoms with van der Waals surface area (Å²) in [6.07, 6.45) is 5.85. The first-order valence-electron chi connectivity index (χ1n) is 8.19. The minimum absolute atomic E-state index is 0.256. The molecule has 4 heterocycles. The van der Waals surface area contributed by atoms with E-state index in [2.05, 4.69) is 15.4 Å². The third kappa shape index (κ3) is 3.46. The van der Waals surface area contributed by atoms with Crippen molar-refractivity contribution in [1.29, 1.82) is 0 Å². The molecule has 4 rings (SSSR count). The van der Waals surface area contributed by atoms with Crippen LogP contribution in [0.3, 0.4) is 0 Å². The number of carbonyl (C=O) groups is 1. The van der Waals surface area contributed by atoms with Crippen LogP contribution in [0, 0.1) is 0 Å². The van der Waals surface area contributed by atoms with E-state index in [1.807, 2.05) is 29.1 Å². The quantitative estimate of drug-likeness (QED) is 0.769. The number of furan rings is 1. The van der Waals surface area contributed by atoms with Crippen molar-refractivity contribution in [3.8, 4) is 0 Å². The highest BCUT2D eigenvalue weighted by molar-refractivity contribution is 5.91. The lowest BCUT2D eigenvalue weighted by Crippen LogP contribution is -2.31. The summed E-state index contributed by atoms with van der Waals surface area (Å²) < 4.78 is 12.8. The van der Waals surface area contributed by atoms with Gasteiger partial charge >= 0.3 is 0 Å².